The highest BCUT2D eigenvalue weighted by molar-refractivity contribution is 5.68. The van der Waals surface area contributed by atoms with E-state index in [-0.39, 0.29) is 12.1 Å². The number of alkyl carbamates (subject to hydrolysis) is 1. The van der Waals surface area contributed by atoms with Crippen molar-refractivity contribution in [2.24, 2.45) is 5.41 Å². The second-order valence-corrected chi connectivity index (χ2v) is 7.77. The summed E-state index contributed by atoms with van der Waals surface area (Å²) in [5, 5.41) is 6.68. The van der Waals surface area contributed by atoms with E-state index in [1.54, 1.807) is 0 Å². The lowest BCUT2D eigenvalue weighted by molar-refractivity contribution is 0.0505. The Morgan fingerprint density at radius 2 is 1.79 bits per heavy atom. The van der Waals surface area contributed by atoms with Crippen molar-refractivity contribution in [2.45, 2.75) is 84.0 Å². The molecule has 0 aromatic carbocycles. The first kappa shape index (κ1) is 14.6. The molecule has 2 N–H and O–H groups in total. The van der Waals surface area contributed by atoms with Gasteiger partial charge < -0.3 is 15.4 Å². The van der Waals surface area contributed by atoms with Crippen molar-refractivity contribution in [1.82, 2.24) is 10.6 Å². The molecule has 0 bridgehead atoms. The molecule has 2 aliphatic rings. The first-order valence-corrected chi connectivity index (χ1v) is 7.41. The van der Waals surface area contributed by atoms with Crippen molar-refractivity contribution in [1.29, 1.82) is 0 Å². The third-order valence-corrected chi connectivity index (χ3v) is 4.10. The van der Waals surface area contributed by atoms with Crippen molar-refractivity contribution in [3.05, 3.63) is 0 Å². The highest BCUT2D eigenvalue weighted by Crippen LogP contribution is 2.45. The summed E-state index contributed by atoms with van der Waals surface area (Å²) in [5.41, 5.74) is 0.0507. The van der Waals surface area contributed by atoms with Crippen LogP contribution in [-0.2, 0) is 4.74 Å². The van der Waals surface area contributed by atoms with Crippen LogP contribution in [0.25, 0.3) is 0 Å². The van der Waals surface area contributed by atoms with Gasteiger partial charge in [0.05, 0.1) is 0 Å². The fourth-order valence-electron chi connectivity index (χ4n) is 2.77. The third kappa shape index (κ3) is 4.37. The van der Waals surface area contributed by atoms with Gasteiger partial charge in [0, 0.05) is 18.1 Å². The predicted molar refractivity (Wildman–Crippen MR) is 76.1 cm³/mol. The van der Waals surface area contributed by atoms with E-state index in [9.17, 15) is 4.79 Å². The van der Waals surface area contributed by atoms with Gasteiger partial charge in [0.1, 0.15) is 5.60 Å². The zero-order chi connectivity index (χ0) is 14.3. The molecule has 0 radical (unpaired) electrons. The van der Waals surface area contributed by atoms with Gasteiger partial charge in [-0.25, -0.2) is 4.79 Å². The van der Waals surface area contributed by atoms with Crippen LogP contribution in [0.2, 0.25) is 0 Å². The minimum Gasteiger partial charge on any atom is -0.444 e. The van der Waals surface area contributed by atoms with Crippen LogP contribution in [0.5, 0.6) is 0 Å². The Hall–Kier alpha value is -0.770. The van der Waals surface area contributed by atoms with Gasteiger partial charge in [-0.1, -0.05) is 13.8 Å². The fourth-order valence-corrected chi connectivity index (χ4v) is 2.77. The van der Waals surface area contributed by atoms with Crippen LogP contribution in [0.3, 0.4) is 0 Å². The van der Waals surface area contributed by atoms with Crippen LogP contribution in [0, 0.1) is 5.41 Å². The van der Waals surface area contributed by atoms with Gasteiger partial charge in [-0.3, -0.25) is 0 Å². The average Bonchev–Trinajstić information content (AvgIpc) is 2.63. The average molecular weight is 268 g/mol. The molecule has 0 aromatic heterocycles. The van der Waals surface area contributed by atoms with Crippen LogP contribution in [0.15, 0.2) is 0 Å². The molecule has 0 spiro atoms. The standard InChI is InChI=1S/C15H28N2O2/c1-14(2,3)19-13(18)17-11-7-6-10(8-11)16-12-9-15(12,4)5/h10-12,16H,6-9H2,1-5H3,(H,17,18). The molecule has 2 saturated carbocycles. The number of carbonyl (C=O) groups excluding carboxylic acids is 1. The van der Waals surface area contributed by atoms with E-state index in [4.69, 9.17) is 4.74 Å². The molecule has 2 aliphatic carbocycles. The molecular formula is C15H28N2O2. The molecule has 110 valence electrons. The highest BCUT2D eigenvalue weighted by Gasteiger charge is 2.46. The summed E-state index contributed by atoms with van der Waals surface area (Å²) in [4.78, 5) is 11.7. The number of nitrogens with one attached hydrogen (secondary N) is 2. The Kier molecular flexibility index (Phi) is 3.83. The first-order valence-electron chi connectivity index (χ1n) is 7.41. The number of hydrogen-bond acceptors (Lipinski definition) is 3. The summed E-state index contributed by atoms with van der Waals surface area (Å²) in [6, 6.07) is 1.47. The first-order chi connectivity index (χ1) is 8.66. The summed E-state index contributed by atoms with van der Waals surface area (Å²) in [5.74, 6) is 0. The zero-order valence-corrected chi connectivity index (χ0v) is 12.9. The molecule has 2 rings (SSSR count). The maximum Gasteiger partial charge on any atom is 0.407 e. The minimum atomic E-state index is -0.418. The van der Waals surface area contributed by atoms with E-state index < -0.39 is 5.60 Å². The molecular weight excluding hydrogens is 240 g/mol. The Labute approximate surface area is 116 Å². The Morgan fingerprint density at radius 3 is 2.32 bits per heavy atom. The maximum absolute atomic E-state index is 11.7. The molecule has 0 aliphatic heterocycles. The van der Waals surface area contributed by atoms with Gasteiger partial charge in [0.25, 0.3) is 0 Å². The summed E-state index contributed by atoms with van der Waals surface area (Å²) >= 11 is 0. The van der Waals surface area contributed by atoms with E-state index in [1.807, 2.05) is 20.8 Å². The SMILES string of the molecule is CC(C)(C)OC(=O)NC1CCC(NC2CC2(C)C)C1. The molecule has 1 amide bonds. The number of carbonyl (C=O) groups is 1. The van der Waals surface area contributed by atoms with Gasteiger partial charge in [-0.15, -0.1) is 0 Å². The molecule has 0 heterocycles. The normalized spacial score (nSPS) is 33.0. The van der Waals surface area contributed by atoms with Crippen molar-refractivity contribution >= 4 is 6.09 Å². The van der Waals surface area contributed by atoms with Gasteiger partial charge in [-0.05, 0) is 51.9 Å². The van der Waals surface area contributed by atoms with Gasteiger partial charge in [-0.2, -0.15) is 0 Å². The third-order valence-electron chi connectivity index (χ3n) is 4.10. The molecule has 0 aromatic rings. The van der Waals surface area contributed by atoms with Gasteiger partial charge in [0.2, 0.25) is 0 Å². The second-order valence-electron chi connectivity index (χ2n) is 7.77. The molecule has 4 nitrogen and oxygen atoms in total. The van der Waals surface area contributed by atoms with Crippen molar-refractivity contribution in [3.8, 4) is 0 Å². The van der Waals surface area contributed by atoms with Crippen molar-refractivity contribution in [3.63, 3.8) is 0 Å². The summed E-state index contributed by atoms with van der Waals surface area (Å²) in [7, 11) is 0. The Bertz CT molecular complexity index is 347. The quantitative estimate of drug-likeness (QED) is 0.827. The van der Waals surface area contributed by atoms with E-state index in [1.165, 1.54) is 6.42 Å². The molecule has 3 unspecified atom stereocenters. The Balaban J connectivity index is 1.69. The molecule has 4 heteroatoms. The van der Waals surface area contributed by atoms with Crippen molar-refractivity contribution < 1.29 is 9.53 Å². The van der Waals surface area contributed by atoms with E-state index in [0.717, 1.165) is 19.3 Å². The van der Waals surface area contributed by atoms with E-state index in [0.29, 0.717) is 17.5 Å². The van der Waals surface area contributed by atoms with Gasteiger partial charge >= 0.3 is 6.09 Å². The topological polar surface area (TPSA) is 50.4 Å². The lowest BCUT2D eigenvalue weighted by Crippen LogP contribution is -2.39. The summed E-state index contributed by atoms with van der Waals surface area (Å²) in [6.07, 6.45) is 4.20. The van der Waals surface area contributed by atoms with E-state index >= 15 is 0 Å². The zero-order valence-electron chi connectivity index (χ0n) is 12.9. The molecule has 0 saturated heterocycles. The van der Waals surface area contributed by atoms with Gasteiger partial charge in [0.15, 0.2) is 0 Å². The molecule has 3 atom stereocenters. The number of ether oxygens (including phenoxy) is 1. The molecule has 19 heavy (non-hydrogen) atoms. The van der Waals surface area contributed by atoms with Crippen LogP contribution in [0.1, 0.15) is 60.3 Å². The smallest absolute Gasteiger partial charge is 0.407 e. The Morgan fingerprint density at radius 1 is 1.21 bits per heavy atom. The van der Waals surface area contributed by atoms with Crippen molar-refractivity contribution in [2.75, 3.05) is 0 Å². The second kappa shape index (κ2) is 4.97. The van der Waals surface area contributed by atoms with Crippen LogP contribution in [-0.4, -0.2) is 29.8 Å². The van der Waals surface area contributed by atoms with E-state index in [2.05, 4.69) is 24.5 Å². The van der Waals surface area contributed by atoms with Crippen LogP contribution in [0.4, 0.5) is 4.79 Å². The van der Waals surface area contributed by atoms with Crippen LogP contribution >= 0.6 is 0 Å². The number of rotatable bonds is 3. The maximum atomic E-state index is 11.7. The summed E-state index contributed by atoms with van der Waals surface area (Å²) < 4.78 is 5.29. The highest BCUT2D eigenvalue weighted by atomic mass is 16.6. The van der Waals surface area contributed by atoms with Crippen LogP contribution < -0.4 is 10.6 Å². The lowest BCUT2D eigenvalue weighted by Gasteiger charge is -2.22. The number of hydrogen-bond donors (Lipinski definition) is 2. The fraction of sp³-hybridized carbons (Fsp3) is 0.933. The summed E-state index contributed by atoms with van der Waals surface area (Å²) in [6.45, 7) is 10.3. The largest absolute Gasteiger partial charge is 0.444 e. The minimum absolute atomic E-state index is 0.259. The predicted octanol–water partition coefficient (Wildman–Crippen LogP) is 2.82. The monoisotopic (exact) mass is 268 g/mol. The lowest BCUT2D eigenvalue weighted by atomic mass is 10.1. The number of amides is 1. The molecule has 2 fully saturated rings.